The lowest BCUT2D eigenvalue weighted by Gasteiger charge is -2.29. The first-order valence-electron chi connectivity index (χ1n) is 6.80. The predicted octanol–water partition coefficient (Wildman–Crippen LogP) is 1.63. The number of hydrogen-bond donors (Lipinski definition) is 1. The van der Waals surface area contributed by atoms with E-state index in [0.29, 0.717) is 6.10 Å². The Morgan fingerprint density at radius 3 is 2.75 bits per heavy atom. The predicted molar refractivity (Wildman–Crippen MR) is 66.7 cm³/mol. The Hall–Kier alpha value is -0.120. The fourth-order valence-electron chi connectivity index (χ4n) is 2.75. The molecule has 0 aromatic rings. The van der Waals surface area contributed by atoms with Crippen LogP contribution in [0.5, 0.6) is 0 Å². The second-order valence-electron chi connectivity index (χ2n) is 5.51. The van der Waals surface area contributed by atoms with E-state index in [-0.39, 0.29) is 5.54 Å². The van der Waals surface area contributed by atoms with E-state index in [4.69, 9.17) is 4.74 Å². The highest BCUT2D eigenvalue weighted by Crippen LogP contribution is 2.24. The number of nitrogens with zero attached hydrogens (tertiary/aromatic N) is 1. The largest absolute Gasteiger partial charge is 0.377 e. The fourth-order valence-corrected chi connectivity index (χ4v) is 2.75. The van der Waals surface area contributed by atoms with Crippen molar-refractivity contribution in [2.24, 2.45) is 0 Å². The van der Waals surface area contributed by atoms with Crippen LogP contribution in [0.25, 0.3) is 0 Å². The minimum atomic E-state index is 0.213. The zero-order valence-corrected chi connectivity index (χ0v) is 10.8. The molecule has 3 nitrogen and oxygen atoms in total. The van der Waals surface area contributed by atoms with Gasteiger partial charge in [-0.2, -0.15) is 0 Å². The van der Waals surface area contributed by atoms with Gasteiger partial charge in [-0.1, -0.05) is 0 Å². The third-order valence-electron chi connectivity index (χ3n) is 4.27. The molecule has 2 rings (SSSR count). The van der Waals surface area contributed by atoms with Gasteiger partial charge < -0.3 is 15.0 Å². The van der Waals surface area contributed by atoms with E-state index in [0.717, 1.165) is 19.6 Å². The number of likely N-dealkylation sites (tertiary alicyclic amines) is 1. The quantitative estimate of drug-likeness (QED) is 0.721. The lowest BCUT2D eigenvalue weighted by atomic mass is 9.94. The van der Waals surface area contributed by atoms with Crippen molar-refractivity contribution in [3.8, 4) is 0 Å². The van der Waals surface area contributed by atoms with Crippen molar-refractivity contribution in [1.29, 1.82) is 0 Å². The summed E-state index contributed by atoms with van der Waals surface area (Å²) in [5, 5.41) is 3.68. The number of hydrogen-bond acceptors (Lipinski definition) is 3. The third-order valence-corrected chi connectivity index (χ3v) is 4.27. The maximum absolute atomic E-state index is 5.63. The minimum absolute atomic E-state index is 0.213. The Balaban J connectivity index is 1.60. The normalized spacial score (nSPS) is 36.0. The molecule has 3 heteroatoms. The first kappa shape index (κ1) is 12.3. The molecule has 2 aliphatic heterocycles. The van der Waals surface area contributed by atoms with Crippen molar-refractivity contribution in [2.45, 2.75) is 51.2 Å². The highest BCUT2D eigenvalue weighted by Gasteiger charge is 2.36. The standard InChI is InChI=1S/C13H26N2O/c1-12-13(2,6-11-16-12)14-7-5-10-15-8-3-4-9-15/h12,14H,3-11H2,1-2H3. The molecule has 0 spiro atoms. The molecule has 2 aliphatic rings. The first-order valence-corrected chi connectivity index (χ1v) is 6.80. The number of nitrogens with one attached hydrogen (secondary N) is 1. The second-order valence-corrected chi connectivity index (χ2v) is 5.51. The van der Waals surface area contributed by atoms with E-state index in [1.54, 1.807) is 0 Å². The molecule has 0 radical (unpaired) electrons. The lowest BCUT2D eigenvalue weighted by Crippen LogP contribution is -2.48. The molecule has 2 saturated heterocycles. The van der Waals surface area contributed by atoms with Crippen LogP contribution >= 0.6 is 0 Å². The Labute approximate surface area is 99.5 Å². The summed E-state index contributed by atoms with van der Waals surface area (Å²) in [6, 6.07) is 0. The molecule has 0 aliphatic carbocycles. The SMILES string of the molecule is CC1OCCC1(C)NCCCN1CCCC1. The highest BCUT2D eigenvalue weighted by atomic mass is 16.5. The molecule has 0 bridgehead atoms. The van der Waals surface area contributed by atoms with E-state index in [1.165, 1.54) is 38.9 Å². The smallest absolute Gasteiger partial charge is 0.0726 e. The zero-order valence-electron chi connectivity index (χ0n) is 10.8. The minimum Gasteiger partial charge on any atom is -0.377 e. The van der Waals surface area contributed by atoms with Gasteiger partial charge in [0.1, 0.15) is 0 Å². The molecule has 0 aromatic carbocycles. The summed E-state index contributed by atoms with van der Waals surface area (Å²) >= 11 is 0. The summed E-state index contributed by atoms with van der Waals surface area (Å²) in [4.78, 5) is 2.58. The summed E-state index contributed by atoms with van der Waals surface area (Å²) in [5.74, 6) is 0. The summed E-state index contributed by atoms with van der Waals surface area (Å²) < 4.78 is 5.63. The third kappa shape index (κ3) is 2.96. The van der Waals surface area contributed by atoms with Crippen molar-refractivity contribution < 1.29 is 4.74 Å². The van der Waals surface area contributed by atoms with Crippen LogP contribution in [0.15, 0.2) is 0 Å². The average molecular weight is 226 g/mol. The van der Waals surface area contributed by atoms with Gasteiger partial charge in [0.15, 0.2) is 0 Å². The van der Waals surface area contributed by atoms with Gasteiger partial charge in [0.05, 0.1) is 6.10 Å². The molecule has 0 saturated carbocycles. The molecule has 1 N–H and O–H groups in total. The monoisotopic (exact) mass is 226 g/mol. The average Bonchev–Trinajstić information content (AvgIpc) is 2.86. The van der Waals surface area contributed by atoms with E-state index >= 15 is 0 Å². The highest BCUT2D eigenvalue weighted by molar-refractivity contribution is 4.93. The van der Waals surface area contributed by atoms with Crippen LogP contribution in [-0.2, 0) is 4.74 Å². The molecule has 2 fully saturated rings. The van der Waals surface area contributed by atoms with Crippen molar-refractivity contribution >= 4 is 0 Å². The Morgan fingerprint density at radius 1 is 1.38 bits per heavy atom. The molecule has 2 heterocycles. The molecule has 16 heavy (non-hydrogen) atoms. The Kier molecular flexibility index (Phi) is 4.22. The van der Waals surface area contributed by atoms with Crippen LogP contribution in [0.2, 0.25) is 0 Å². The maximum atomic E-state index is 5.63. The zero-order chi connectivity index (χ0) is 11.4. The second kappa shape index (κ2) is 5.48. The van der Waals surface area contributed by atoms with Gasteiger partial charge in [-0.25, -0.2) is 0 Å². The van der Waals surface area contributed by atoms with Gasteiger partial charge in [-0.15, -0.1) is 0 Å². The molecule has 2 atom stereocenters. The lowest BCUT2D eigenvalue weighted by molar-refractivity contribution is 0.0884. The van der Waals surface area contributed by atoms with Crippen molar-refractivity contribution in [1.82, 2.24) is 10.2 Å². The molecule has 94 valence electrons. The molecule has 0 aromatic heterocycles. The number of ether oxygens (including phenoxy) is 1. The van der Waals surface area contributed by atoms with Crippen LogP contribution in [0.4, 0.5) is 0 Å². The van der Waals surface area contributed by atoms with Crippen LogP contribution in [0.3, 0.4) is 0 Å². The van der Waals surface area contributed by atoms with Crippen molar-refractivity contribution in [3.63, 3.8) is 0 Å². The fraction of sp³-hybridized carbons (Fsp3) is 1.00. The summed E-state index contributed by atoms with van der Waals surface area (Å²) in [7, 11) is 0. The van der Waals surface area contributed by atoms with E-state index in [2.05, 4.69) is 24.1 Å². The van der Waals surface area contributed by atoms with Crippen molar-refractivity contribution in [3.05, 3.63) is 0 Å². The summed E-state index contributed by atoms with van der Waals surface area (Å²) in [6.45, 7) is 10.4. The molecular weight excluding hydrogens is 200 g/mol. The van der Waals surface area contributed by atoms with E-state index in [9.17, 15) is 0 Å². The Morgan fingerprint density at radius 2 is 2.12 bits per heavy atom. The topological polar surface area (TPSA) is 24.5 Å². The van der Waals surface area contributed by atoms with Crippen LogP contribution in [-0.4, -0.2) is 49.3 Å². The van der Waals surface area contributed by atoms with E-state index < -0.39 is 0 Å². The van der Waals surface area contributed by atoms with Crippen LogP contribution < -0.4 is 5.32 Å². The van der Waals surface area contributed by atoms with Crippen LogP contribution in [0.1, 0.15) is 39.5 Å². The molecule has 0 amide bonds. The number of rotatable bonds is 5. The summed E-state index contributed by atoms with van der Waals surface area (Å²) in [6.07, 6.45) is 5.57. The van der Waals surface area contributed by atoms with Gasteiger partial charge in [0, 0.05) is 12.1 Å². The molecular formula is C13H26N2O. The van der Waals surface area contributed by atoms with Gasteiger partial charge in [0.2, 0.25) is 0 Å². The summed E-state index contributed by atoms with van der Waals surface area (Å²) in [5.41, 5.74) is 0.213. The van der Waals surface area contributed by atoms with Gasteiger partial charge >= 0.3 is 0 Å². The van der Waals surface area contributed by atoms with Gasteiger partial charge in [-0.05, 0) is 65.7 Å². The van der Waals surface area contributed by atoms with E-state index in [1.807, 2.05) is 0 Å². The first-order chi connectivity index (χ1) is 7.71. The maximum Gasteiger partial charge on any atom is 0.0726 e. The van der Waals surface area contributed by atoms with Crippen molar-refractivity contribution in [2.75, 3.05) is 32.8 Å². The van der Waals surface area contributed by atoms with Gasteiger partial charge in [0.25, 0.3) is 0 Å². The molecule has 2 unspecified atom stereocenters. The Bertz CT molecular complexity index is 216. The van der Waals surface area contributed by atoms with Gasteiger partial charge in [-0.3, -0.25) is 0 Å². The van der Waals surface area contributed by atoms with Crippen LogP contribution in [0, 0.1) is 0 Å².